The zero-order valence-corrected chi connectivity index (χ0v) is 9.83. The first-order valence-electron chi connectivity index (χ1n) is 4.38. The predicted molar refractivity (Wildman–Crippen MR) is 54.0 cm³/mol. The van der Waals surface area contributed by atoms with E-state index in [2.05, 4.69) is 4.74 Å². The molecule has 0 rings (SSSR count). The molecule has 15 heavy (non-hydrogen) atoms. The molecule has 0 spiro atoms. The molecule has 0 aromatic rings. The predicted octanol–water partition coefficient (Wildman–Crippen LogP) is -0.947. The Labute approximate surface area is 89.1 Å². The minimum atomic E-state index is -3.14. The number of hydrogen-bond acceptors (Lipinski definition) is 5. The molecule has 0 fully saturated rings. The second-order valence-electron chi connectivity index (χ2n) is 3.08. The van der Waals surface area contributed by atoms with Crippen LogP contribution in [-0.2, 0) is 24.2 Å². The number of carbonyl (C=O) groups excluding carboxylic acids is 2. The molecule has 0 saturated carbocycles. The van der Waals surface area contributed by atoms with Crippen molar-refractivity contribution >= 4 is 21.7 Å². The van der Waals surface area contributed by atoms with Gasteiger partial charge in [-0.15, -0.1) is 0 Å². The summed E-state index contributed by atoms with van der Waals surface area (Å²) in [5.41, 5.74) is 0. The molecule has 0 aliphatic carbocycles. The van der Waals surface area contributed by atoms with Gasteiger partial charge in [0, 0.05) is 19.8 Å². The summed E-state index contributed by atoms with van der Waals surface area (Å²) in [7, 11) is -1.79. The van der Waals surface area contributed by atoms with Crippen LogP contribution in [-0.4, -0.2) is 57.4 Å². The average Bonchev–Trinajstić information content (AvgIpc) is 2.12. The highest BCUT2D eigenvalue weighted by Crippen LogP contribution is 1.91. The minimum absolute atomic E-state index is 0.0174. The normalized spacial score (nSPS) is 10.9. The molecule has 0 aliphatic rings. The first kappa shape index (κ1) is 13.9. The maximum absolute atomic E-state index is 11.2. The second-order valence-corrected chi connectivity index (χ2v) is 5.34. The van der Waals surface area contributed by atoms with E-state index in [0.717, 1.165) is 11.2 Å². The Morgan fingerprint density at radius 1 is 1.33 bits per heavy atom. The van der Waals surface area contributed by atoms with E-state index in [-0.39, 0.29) is 18.9 Å². The summed E-state index contributed by atoms with van der Waals surface area (Å²) in [5, 5.41) is 0. The van der Waals surface area contributed by atoms with Crippen LogP contribution >= 0.6 is 0 Å². The number of rotatable bonds is 4. The molecule has 0 saturated heterocycles. The van der Waals surface area contributed by atoms with E-state index < -0.39 is 21.7 Å². The number of esters is 1. The van der Waals surface area contributed by atoms with Crippen LogP contribution in [0, 0.1) is 0 Å². The summed E-state index contributed by atoms with van der Waals surface area (Å²) in [5.74, 6) is -1.97. The zero-order chi connectivity index (χ0) is 12.1. The van der Waals surface area contributed by atoms with E-state index in [1.54, 1.807) is 6.92 Å². The van der Waals surface area contributed by atoms with Crippen LogP contribution in [0.4, 0.5) is 0 Å². The maximum atomic E-state index is 11.2. The number of ether oxygens (including phenoxy) is 1. The Balaban J connectivity index is 4.16. The Morgan fingerprint density at radius 2 is 1.87 bits per heavy atom. The Kier molecular flexibility index (Phi) is 5.27. The summed E-state index contributed by atoms with van der Waals surface area (Å²) in [6.45, 7) is 1.68. The fraction of sp³-hybridized carbons (Fsp3) is 0.750. The molecule has 0 N–H and O–H groups in total. The quantitative estimate of drug-likeness (QED) is 0.465. The van der Waals surface area contributed by atoms with Crippen molar-refractivity contribution in [1.82, 2.24) is 4.90 Å². The van der Waals surface area contributed by atoms with Gasteiger partial charge in [-0.25, -0.2) is 13.2 Å². The molecular formula is C8H15NO5S. The molecule has 0 bridgehead atoms. The van der Waals surface area contributed by atoms with Gasteiger partial charge in [-0.05, 0) is 6.92 Å². The van der Waals surface area contributed by atoms with Gasteiger partial charge in [0.05, 0.1) is 12.4 Å². The van der Waals surface area contributed by atoms with Crippen LogP contribution in [0.5, 0.6) is 0 Å². The van der Waals surface area contributed by atoms with E-state index >= 15 is 0 Å². The van der Waals surface area contributed by atoms with Crippen molar-refractivity contribution in [3.63, 3.8) is 0 Å². The first-order valence-corrected chi connectivity index (χ1v) is 6.44. The van der Waals surface area contributed by atoms with Crippen LogP contribution in [0.25, 0.3) is 0 Å². The third kappa shape index (κ3) is 6.05. The van der Waals surface area contributed by atoms with Crippen molar-refractivity contribution in [2.24, 2.45) is 0 Å². The molecule has 0 aliphatic heterocycles. The van der Waals surface area contributed by atoms with Crippen molar-refractivity contribution in [3.05, 3.63) is 0 Å². The Bertz CT molecular complexity index is 335. The van der Waals surface area contributed by atoms with Crippen molar-refractivity contribution in [2.45, 2.75) is 6.92 Å². The molecule has 0 aromatic heterocycles. The molecule has 6 nitrogen and oxygen atoms in total. The van der Waals surface area contributed by atoms with Crippen LogP contribution in [0.3, 0.4) is 0 Å². The molecule has 0 aromatic carbocycles. The van der Waals surface area contributed by atoms with Crippen molar-refractivity contribution < 1.29 is 22.7 Å². The molecular weight excluding hydrogens is 222 g/mol. The van der Waals surface area contributed by atoms with Crippen molar-refractivity contribution in [2.75, 3.05) is 32.2 Å². The number of nitrogens with zero attached hydrogens (tertiary/aromatic N) is 1. The highest BCUT2D eigenvalue weighted by Gasteiger charge is 2.20. The standard InChI is InChI=1S/C8H15NO5S/c1-4-14-8(11)7(10)9(2)5-6-15(3,12)13/h4-6H2,1-3H3. The van der Waals surface area contributed by atoms with E-state index in [4.69, 9.17) is 0 Å². The molecule has 1 amide bonds. The lowest BCUT2D eigenvalue weighted by Gasteiger charge is -2.14. The molecule has 0 heterocycles. The fourth-order valence-electron chi connectivity index (χ4n) is 0.753. The average molecular weight is 237 g/mol. The molecule has 7 heteroatoms. The highest BCUT2D eigenvalue weighted by molar-refractivity contribution is 7.90. The van der Waals surface area contributed by atoms with E-state index in [1.807, 2.05) is 0 Å². The van der Waals surface area contributed by atoms with Crippen molar-refractivity contribution in [3.8, 4) is 0 Å². The van der Waals surface area contributed by atoms with Gasteiger partial charge >= 0.3 is 11.9 Å². The van der Waals surface area contributed by atoms with Crippen LogP contribution in [0.15, 0.2) is 0 Å². The van der Waals surface area contributed by atoms with Gasteiger partial charge in [-0.1, -0.05) is 0 Å². The van der Waals surface area contributed by atoms with Gasteiger partial charge in [0.25, 0.3) is 0 Å². The number of amides is 1. The number of hydrogen-bond donors (Lipinski definition) is 0. The van der Waals surface area contributed by atoms with Gasteiger partial charge in [0.2, 0.25) is 0 Å². The summed E-state index contributed by atoms with van der Waals surface area (Å²) < 4.78 is 26.1. The second kappa shape index (κ2) is 5.69. The summed E-state index contributed by atoms with van der Waals surface area (Å²) >= 11 is 0. The third-order valence-corrected chi connectivity index (χ3v) is 2.52. The first-order chi connectivity index (χ1) is 6.78. The fourth-order valence-corrected chi connectivity index (χ4v) is 1.36. The summed E-state index contributed by atoms with van der Waals surface area (Å²) in [6.07, 6.45) is 1.07. The molecule has 0 unspecified atom stereocenters. The lowest BCUT2D eigenvalue weighted by atomic mass is 10.5. The summed E-state index contributed by atoms with van der Waals surface area (Å²) in [6, 6.07) is 0. The Hall–Kier alpha value is -1.11. The summed E-state index contributed by atoms with van der Waals surface area (Å²) in [4.78, 5) is 23.2. The van der Waals surface area contributed by atoms with Crippen molar-refractivity contribution in [1.29, 1.82) is 0 Å². The SMILES string of the molecule is CCOC(=O)C(=O)N(C)CCS(C)(=O)=O. The molecule has 0 atom stereocenters. The Morgan fingerprint density at radius 3 is 2.27 bits per heavy atom. The number of sulfone groups is 1. The largest absolute Gasteiger partial charge is 0.459 e. The number of likely N-dealkylation sites (N-methyl/N-ethyl adjacent to an activating group) is 1. The van der Waals surface area contributed by atoms with Crippen LogP contribution in [0.1, 0.15) is 6.92 Å². The number of carbonyl (C=O) groups is 2. The molecule has 88 valence electrons. The lowest BCUT2D eigenvalue weighted by Crippen LogP contribution is -2.37. The van der Waals surface area contributed by atoms with Gasteiger partial charge < -0.3 is 9.64 Å². The van der Waals surface area contributed by atoms with E-state index in [9.17, 15) is 18.0 Å². The van der Waals surface area contributed by atoms with Gasteiger partial charge in [-0.3, -0.25) is 4.79 Å². The minimum Gasteiger partial charge on any atom is -0.459 e. The smallest absolute Gasteiger partial charge is 0.396 e. The van der Waals surface area contributed by atoms with E-state index in [0.29, 0.717) is 0 Å². The van der Waals surface area contributed by atoms with E-state index in [1.165, 1.54) is 7.05 Å². The monoisotopic (exact) mass is 237 g/mol. The molecule has 0 radical (unpaired) electrons. The van der Waals surface area contributed by atoms with Crippen LogP contribution < -0.4 is 0 Å². The third-order valence-electron chi connectivity index (χ3n) is 1.59. The van der Waals surface area contributed by atoms with Gasteiger partial charge in [0.1, 0.15) is 9.84 Å². The topological polar surface area (TPSA) is 80.8 Å². The lowest BCUT2D eigenvalue weighted by molar-refractivity contribution is -0.159. The van der Waals surface area contributed by atoms with Gasteiger partial charge in [-0.2, -0.15) is 0 Å². The zero-order valence-electron chi connectivity index (χ0n) is 9.02. The maximum Gasteiger partial charge on any atom is 0.396 e. The highest BCUT2D eigenvalue weighted by atomic mass is 32.2. The van der Waals surface area contributed by atoms with Crippen LogP contribution in [0.2, 0.25) is 0 Å². The van der Waals surface area contributed by atoms with Gasteiger partial charge in [0.15, 0.2) is 0 Å².